The lowest BCUT2D eigenvalue weighted by atomic mass is 10.1. The van der Waals surface area contributed by atoms with E-state index in [1.807, 2.05) is 42.3 Å². The first-order valence-corrected chi connectivity index (χ1v) is 8.49. The van der Waals surface area contributed by atoms with Gasteiger partial charge in [0.25, 0.3) is 0 Å². The van der Waals surface area contributed by atoms with E-state index in [1.165, 1.54) is 5.69 Å². The topological polar surface area (TPSA) is 62.5 Å². The highest BCUT2D eigenvalue weighted by molar-refractivity contribution is 5.91. The van der Waals surface area contributed by atoms with Crippen molar-refractivity contribution in [2.24, 2.45) is 0 Å². The summed E-state index contributed by atoms with van der Waals surface area (Å²) in [5, 5.41) is 4.99. The van der Waals surface area contributed by atoms with Gasteiger partial charge in [0.15, 0.2) is 0 Å². The number of para-hydroxylation sites is 1. The summed E-state index contributed by atoms with van der Waals surface area (Å²) < 4.78 is 5.15. The molecule has 128 valence electrons. The van der Waals surface area contributed by atoms with Crippen LogP contribution in [0.15, 0.2) is 47.1 Å². The summed E-state index contributed by atoms with van der Waals surface area (Å²) in [5.41, 5.74) is 2.99. The molecule has 1 aliphatic heterocycles. The van der Waals surface area contributed by atoms with Crippen LogP contribution < -0.4 is 4.90 Å². The van der Waals surface area contributed by atoms with Crippen LogP contribution in [0.5, 0.6) is 0 Å². The summed E-state index contributed by atoms with van der Waals surface area (Å²) >= 11 is 0. The molecule has 6 heteroatoms. The van der Waals surface area contributed by atoms with Crippen molar-refractivity contribution in [3.8, 4) is 0 Å². The molecular formula is C19H20N4O2. The number of carbonyl (C=O) groups excluding carboxylic acids is 1. The van der Waals surface area contributed by atoms with Crippen LogP contribution in [-0.2, 0) is 11.2 Å². The normalized spacial score (nSPS) is 14.9. The maximum atomic E-state index is 12.4. The highest BCUT2D eigenvalue weighted by atomic mass is 16.5. The minimum atomic E-state index is 0.0930. The molecular weight excluding hydrogens is 316 g/mol. The highest BCUT2D eigenvalue weighted by Gasteiger charge is 2.23. The fourth-order valence-corrected chi connectivity index (χ4v) is 3.31. The minimum Gasteiger partial charge on any atom is -0.367 e. The Morgan fingerprint density at radius 3 is 2.72 bits per heavy atom. The standard InChI is InChI=1S/C19H20N4O2/c1-14-12-15(25-21-14)13-19(24)23-10-8-22(9-11-23)18-6-7-20-17-5-3-2-4-16(17)18/h2-7,12H,8-11,13H2,1H3. The van der Waals surface area contributed by atoms with Gasteiger partial charge in [-0.3, -0.25) is 9.78 Å². The average molecular weight is 336 g/mol. The van der Waals surface area contributed by atoms with Crippen molar-refractivity contribution < 1.29 is 9.32 Å². The number of nitrogens with zero attached hydrogens (tertiary/aromatic N) is 4. The Bertz CT molecular complexity index is 892. The number of amides is 1. The first-order valence-electron chi connectivity index (χ1n) is 8.49. The van der Waals surface area contributed by atoms with E-state index >= 15 is 0 Å². The van der Waals surface area contributed by atoms with Gasteiger partial charge in [-0.25, -0.2) is 0 Å². The molecule has 3 heterocycles. The molecule has 3 aromatic rings. The molecule has 0 aliphatic carbocycles. The van der Waals surface area contributed by atoms with E-state index in [9.17, 15) is 4.79 Å². The number of hydrogen-bond donors (Lipinski definition) is 0. The zero-order valence-corrected chi connectivity index (χ0v) is 14.2. The first-order chi connectivity index (χ1) is 12.2. The second-order valence-electron chi connectivity index (χ2n) is 6.33. The number of pyridine rings is 1. The molecule has 0 N–H and O–H groups in total. The lowest BCUT2D eigenvalue weighted by molar-refractivity contribution is -0.131. The molecule has 0 unspecified atom stereocenters. The van der Waals surface area contributed by atoms with Crippen LogP contribution in [0.1, 0.15) is 11.5 Å². The van der Waals surface area contributed by atoms with E-state index in [4.69, 9.17) is 4.52 Å². The van der Waals surface area contributed by atoms with Gasteiger partial charge in [0.05, 0.1) is 17.6 Å². The lowest BCUT2D eigenvalue weighted by Crippen LogP contribution is -2.49. The molecule has 0 bridgehead atoms. The third-order valence-corrected chi connectivity index (χ3v) is 4.60. The lowest BCUT2D eigenvalue weighted by Gasteiger charge is -2.36. The van der Waals surface area contributed by atoms with E-state index in [0.29, 0.717) is 18.8 Å². The molecule has 1 saturated heterocycles. The Hall–Kier alpha value is -2.89. The SMILES string of the molecule is Cc1cc(CC(=O)N2CCN(c3ccnc4ccccc34)CC2)on1. The Morgan fingerprint density at radius 2 is 1.96 bits per heavy atom. The molecule has 0 radical (unpaired) electrons. The molecule has 0 saturated carbocycles. The maximum Gasteiger partial charge on any atom is 0.230 e. The Kier molecular flexibility index (Phi) is 4.09. The van der Waals surface area contributed by atoms with Crippen LogP contribution >= 0.6 is 0 Å². The summed E-state index contributed by atoms with van der Waals surface area (Å²) in [5.74, 6) is 0.723. The van der Waals surface area contributed by atoms with E-state index in [-0.39, 0.29) is 12.3 Å². The molecule has 0 spiro atoms. The van der Waals surface area contributed by atoms with Crippen molar-refractivity contribution in [3.05, 3.63) is 54.0 Å². The Labute approximate surface area is 146 Å². The molecule has 6 nitrogen and oxygen atoms in total. The van der Waals surface area contributed by atoms with Gasteiger partial charge >= 0.3 is 0 Å². The number of benzene rings is 1. The summed E-state index contributed by atoms with van der Waals surface area (Å²) in [7, 11) is 0. The second-order valence-corrected chi connectivity index (χ2v) is 6.33. The predicted molar refractivity (Wildman–Crippen MR) is 95.5 cm³/mol. The van der Waals surface area contributed by atoms with Gasteiger partial charge in [0.2, 0.25) is 5.91 Å². The molecule has 2 aromatic heterocycles. The third-order valence-electron chi connectivity index (χ3n) is 4.60. The fourth-order valence-electron chi connectivity index (χ4n) is 3.31. The van der Waals surface area contributed by atoms with Crippen molar-refractivity contribution in [3.63, 3.8) is 0 Å². The quantitative estimate of drug-likeness (QED) is 0.735. The van der Waals surface area contributed by atoms with Crippen LogP contribution in [-0.4, -0.2) is 47.1 Å². The number of hydrogen-bond acceptors (Lipinski definition) is 5. The van der Waals surface area contributed by atoms with Crippen molar-refractivity contribution in [1.82, 2.24) is 15.0 Å². The average Bonchev–Trinajstić information content (AvgIpc) is 3.06. The molecule has 1 aromatic carbocycles. The molecule has 0 atom stereocenters. The van der Waals surface area contributed by atoms with E-state index in [2.05, 4.69) is 27.2 Å². The molecule has 1 amide bonds. The van der Waals surface area contributed by atoms with Crippen LogP contribution in [0.2, 0.25) is 0 Å². The van der Waals surface area contributed by atoms with Gasteiger partial charge in [0.1, 0.15) is 5.76 Å². The van der Waals surface area contributed by atoms with Crippen molar-refractivity contribution in [2.45, 2.75) is 13.3 Å². The summed E-state index contributed by atoms with van der Waals surface area (Å²) in [6.45, 7) is 4.91. The number of aromatic nitrogens is 2. The van der Waals surface area contributed by atoms with E-state index in [1.54, 1.807) is 0 Å². The van der Waals surface area contributed by atoms with E-state index < -0.39 is 0 Å². The number of anilines is 1. The molecule has 25 heavy (non-hydrogen) atoms. The van der Waals surface area contributed by atoms with Crippen LogP contribution in [0, 0.1) is 6.92 Å². The van der Waals surface area contributed by atoms with E-state index in [0.717, 1.165) is 29.7 Å². The van der Waals surface area contributed by atoms with Gasteiger partial charge in [0, 0.05) is 49.5 Å². The van der Waals surface area contributed by atoms with Crippen LogP contribution in [0.3, 0.4) is 0 Å². The number of fused-ring (bicyclic) bond motifs is 1. The van der Waals surface area contributed by atoms with Gasteiger partial charge < -0.3 is 14.3 Å². The number of carbonyl (C=O) groups is 1. The van der Waals surface area contributed by atoms with Gasteiger partial charge in [-0.1, -0.05) is 23.4 Å². The van der Waals surface area contributed by atoms with Gasteiger partial charge in [-0.2, -0.15) is 0 Å². The zero-order valence-electron chi connectivity index (χ0n) is 14.2. The number of aryl methyl sites for hydroxylation is 1. The second kappa shape index (κ2) is 6.55. The van der Waals surface area contributed by atoms with Gasteiger partial charge in [-0.15, -0.1) is 0 Å². The monoisotopic (exact) mass is 336 g/mol. The Morgan fingerprint density at radius 1 is 1.16 bits per heavy atom. The number of rotatable bonds is 3. The number of piperazine rings is 1. The Balaban J connectivity index is 1.43. The zero-order chi connectivity index (χ0) is 17.2. The van der Waals surface area contributed by atoms with Crippen LogP contribution in [0.25, 0.3) is 10.9 Å². The highest BCUT2D eigenvalue weighted by Crippen LogP contribution is 2.26. The predicted octanol–water partition coefficient (Wildman–Crippen LogP) is 2.42. The molecule has 1 aliphatic rings. The van der Waals surface area contributed by atoms with Crippen molar-refractivity contribution in [2.75, 3.05) is 31.1 Å². The summed E-state index contributed by atoms with van der Waals surface area (Å²) in [4.78, 5) is 21.1. The largest absolute Gasteiger partial charge is 0.367 e. The molecule has 4 rings (SSSR count). The van der Waals surface area contributed by atoms with Crippen LogP contribution in [0.4, 0.5) is 5.69 Å². The van der Waals surface area contributed by atoms with Crippen molar-refractivity contribution >= 4 is 22.5 Å². The van der Waals surface area contributed by atoms with Gasteiger partial charge in [-0.05, 0) is 19.1 Å². The smallest absolute Gasteiger partial charge is 0.230 e. The molecule has 1 fully saturated rings. The summed E-state index contributed by atoms with van der Waals surface area (Å²) in [6.07, 6.45) is 2.13. The third kappa shape index (κ3) is 3.20. The fraction of sp³-hybridized carbons (Fsp3) is 0.316. The minimum absolute atomic E-state index is 0.0930. The maximum absolute atomic E-state index is 12.4. The first kappa shape index (κ1) is 15.6. The van der Waals surface area contributed by atoms with Crippen molar-refractivity contribution in [1.29, 1.82) is 0 Å². The summed E-state index contributed by atoms with van der Waals surface area (Å²) in [6, 6.07) is 12.0.